The predicted octanol–water partition coefficient (Wildman–Crippen LogP) is 3.02. The largest absolute Gasteiger partial charge is 0.291 e. The summed E-state index contributed by atoms with van der Waals surface area (Å²) >= 11 is 0. The van der Waals surface area contributed by atoms with E-state index in [2.05, 4.69) is 25.3 Å². The zero-order valence-electron chi connectivity index (χ0n) is 16.2. The van der Waals surface area contributed by atoms with Gasteiger partial charge in [0.2, 0.25) is 11.6 Å². The molecule has 2 aromatic carbocycles. The van der Waals surface area contributed by atoms with Crippen LogP contribution in [0.5, 0.6) is 0 Å². The molecule has 7 nitrogen and oxygen atoms in total. The number of carbonyl (C=O) groups excluding carboxylic acids is 2. The fourth-order valence-electron chi connectivity index (χ4n) is 3.92. The van der Waals surface area contributed by atoms with Crippen LogP contribution >= 0.6 is 0 Å². The minimum atomic E-state index is -0.684. The van der Waals surface area contributed by atoms with Gasteiger partial charge in [-0.05, 0) is 36.4 Å². The summed E-state index contributed by atoms with van der Waals surface area (Å²) in [6.45, 7) is 0. The second-order valence-corrected chi connectivity index (χ2v) is 7.46. The summed E-state index contributed by atoms with van der Waals surface area (Å²) in [7, 11) is 0. The number of hydrogen-bond donors (Lipinski definition) is 1. The van der Waals surface area contributed by atoms with Crippen LogP contribution in [0.4, 0.5) is 0 Å². The summed E-state index contributed by atoms with van der Waals surface area (Å²) < 4.78 is 0. The molecule has 7 heteroatoms. The summed E-state index contributed by atoms with van der Waals surface area (Å²) in [5.74, 6) is -0.431. The number of para-hydroxylation sites is 4. The molecule has 0 bridgehead atoms. The Balaban J connectivity index is 1.31. The van der Waals surface area contributed by atoms with E-state index in [1.165, 1.54) is 0 Å². The SMILES string of the molecule is O=C1c2nc3ccccc3nc2C=CC1NC1C=Cc2nc3ccccc3nc2C1=O. The molecule has 4 aromatic rings. The number of fused-ring (bicyclic) bond motifs is 4. The Labute approximate surface area is 176 Å². The lowest BCUT2D eigenvalue weighted by atomic mass is 9.96. The highest BCUT2D eigenvalue weighted by atomic mass is 16.1. The average molecular weight is 405 g/mol. The summed E-state index contributed by atoms with van der Waals surface area (Å²) in [4.78, 5) is 44.2. The van der Waals surface area contributed by atoms with Gasteiger partial charge in [0.05, 0.1) is 45.5 Å². The molecule has 2 atom stereocenters. The molecule has 0 aliphatic heterocycles. The molecule has 0 radical (unpaired) electrons. The molecule has 2 aliphatic rings. The Morgan fingerprint density at radius 3 is 1.39 bits per heavy atom. The van der Waals surface area contributed by atoms with E-state index < -0.39 is 12.1 Å². The number of nitrogens with zero attached hydrogens (tertiary/aromatic N) is 4. The lowest BCUT2D eigenvalue weighted by Crippen LogP contribution is -2.47. The first-order valence-corrected chi connectivity index (χ1v) is 9.92. The molecule has 6 rings (SSSR count). The minimum Gasteiger partial charge on any atom is -0.291 e. The van der Waals surface area contributed by atoms with Crippen LogP contribution in [0.15, 0.2) is 60.7 Å². The molecule has 1 N–H and O–H groups in total. The molecule has 0 saturated carbocycles. The van der Waals surface area contributed by atoms with Gasteiger partial charge in [-0.1, -0.05) is 36.4 Å². The average Bonchev–Trinajstić information content (AvgIpc) is 2.80. The first-order chi connectivity index (χ1) is 15.2. The number of benzene rings is 2. The van der Waals surface area contributed by atoms with Crippen LogP contribution < -0.4 is 5.32 Å². The van der Waals surface area contributed by atoms with Gasteiger partial charge in [0.1, 0.15) is 11.4 Å². The second-order valence-electron chi connectivity index (χ2n) is 7.46. The summed E-state index contributed by atoms with van der Waals surface area (Å²) in [5.41, 5.74) is 4.47. The highest BCUT2D eigenvalue weighted by molar-refractivity contribution is 6.08. The van der Waals surface area contributed by atoms with Gasteiger partial charge in [-0.25, -0.2) is 19.9 Å². The van der Waals surface area contributed by atoms with Crippen LogP contribution in [0.25, 0.3) is 34.2 Å². The van der Waals surface area contributed by atoms with E-state index in [4.69, 9.17) is 0 Å². The Hall–Kier alpha value is -4.10. The molecule has 31 heavy (non-hydrogen) atoms. The van der Waals surface area contributed by atoms with Gasteiger partial charge in [0.25, 0.3) is 0 Å². The third-order valence-electron chi connectivity index (χ3n) is 5.48. The zero-order chi connectivity index (χ0) is 20.9. The van der Waals surface area contributed by atoms with Crippen molar-refractivity contribution in [2.24, 2.45) is 0 Å². The second kappa shape index (κ2) is 6.72. The van der Waals surface area contributed by atoms with Crippen molar-refractivity contribution in [3.8, 4) is 0 Å². The summed E-state index contributed by atoms with van der Waals surface area (Å²) in [6.07, 6.45) is 6.98. The van der Waals surface area contributed by atoms with E-state index >= 15 is 0 Å². The number of carbonyl (C=O) groups is 2. The lowest BCUT2D eigenvalue weighted by molar-refractivity contribution is 0.0918. The Kier molecular flexibility index (Phi) is 3.84. The predicted molar refractivity (Wildman–Crippen MR) is 117 cm³/mol. The van der Waals surface area contributed by atoms with E-state index in [0.717, 1.165) is 11.0 Å². The molecule has 2 unspecified atom stereocenters. The van der Waals surface area contributed by atoms with Gasteiger partial charge in [0, 0.05) is 0 Å². The van der Waals surface area contributed by atoms with Crippen LogP contribution in [-0.2, 0) is 0 Å². The number of hydrogen-bond acceptors (Lipinski definition) is 7. The van der Waals surface area contributed by atoms with E-state index in [0.29, 0.717) is 33.8 Å². The summed E-state index contributed by atoms with van der Waals surface area (Å²) in [5, 5.41) is 3.13. The normalized spacial score (nSPS) is 19.6. The summed E-state index contributed by atoms with van der Waals surface area (Å²) in [6, 6.07) is 13.5. The van der Waals surface area contributed by atoms with E-state index in [-0.39, 0.29) is 11.6 Å². The third kappa shape index (κ3) is 2.86. The lowest BCUT2D eigenvalue weighted by Gasteiger charge is -2.24. The minimum absolute atomic E-state index is 0.215. The topological polar surface area (TPSA) is 97.7 Å². The Morgan fingerprint density at radius 2 is 0.968 bits per heavy atom. The van der Waals surface area contributed by atoms with Crippen LogP contribution in [0.2, 0.25) is 0 Å². The first-order valence-electron chi connectivity index (χ1n) is 9.92. The molecule has 2 aromatic heterocycles. The van der Waals surface area contributed by atoms with Crippen LogP contribution in [0, 0.1) is 0 Å². The highest BCUT2D eigenvalue weighted by Crippen LogP contribution is 2.23. The number of Topliss-reactive ketones (excluding diaryl/α,β-unsaturated/α-hetero) is 2. The Morgan fingerprint density at radius 1 is 0.581 bits per heavy atom. The smallest absolute Gasteiger partial charge is 0.204 e. The molecule has 0 saturated heterocycles. The van der Waals surface area contributed by atoms with Crippen molar-refractivity contribution in [3.63, 3.8) is 0 Å². The van der Waals surface area contributed by atoms with Gasteiger partial charge >= 0.3 is 0 Å². The standard InChI is InChI=1S/C24H15N5O2/c30-23-19(11-9-17-21(23)28-15-7-3-1-5-13(15)25-17)27-20-12-10-18-22(24(20)31)29-16-8-4-2-6-14(16)26-18/h1-12,19-20,27H. The number of nitrogens with one attached hydrogen (secondary N) is 1. The van der Waals surface area contributed by atoms with Crippen molar-refractivity contribution in [2.45, 2.75) is 12.1 Å². The fourth-order valence-corrected chi connectivity index (χ4v) is 3.92. The van der Waals surface area contributed by atoms with Gasteiger partial charge in [-0.15, -0.1) is 0 Å². The van der Waals surface area contributed by atoms with Crippen molar-refractivity contribution in [1.82, 2.24) is 25.3 Å². The molecular formula is C24H15N5O2. The van der Waals surface area contributed by atoms with Gasteiger partial charge in [-0.2, -0.15) is 0 Å². The molecule has 2 heterocycles. The molecule has 0 amide bonds. The maximum absolute atomic E-state index is 13.1. The van der Waals surface area contributed by atoms with Gasteiger partial charge in [-0.3, -0.25) is 14.9 Å². The maximum atomic E-state index is 13.1. The monoisotopic (exact) mass is 405 g/mol. The van der Waals surface area contributed by atoms with Crippen molar-refractivity contribution in [3.05, 3.63) is 83.5 Å². The van der Waals surface area contributed by atoms with E-state index in [1.54, 1.807) is 24.3 Å². The van der Waals surface area contributed by atoms with Crippen molar-refractivity contribution in [2.75, 3.05) is 0 Å². The number of aromatic nitrogens is 4. The molecule has 148 valence electrons. The number of rotatable bonds is 2. The third-order valence-corrected chi connectivity index (χ3v) is 5.48. The van der Waals surface area contributed by atoms with Crippen LogP contribution in [0.1, 0.15) is 32.4 Å². The highest BCUT2D eigenvalue weighted by Gasteiger charge is 2.32. The zero-order valence-corrected chi connectivity index (χ0v) is 16.2. The van der Waals surface area contributed by atoms with Crippen molar-refractivity contribution >= 4 is 45.8 Å². The van der Waals surface area contributed by atoms with Gasteiger partial charge < -0.3 is 0 Å². The Bertz CT molecular complexity index is 1360. The van der Waals surface area contributed by atoms with Gasteiger partial charge in [0.15, 0.2) is 0 Å². The first kappa shape index (κ1) is 17.7. The molecule has 0 spiro atoms. The number of ketones is 2. The van der Waals surface area contributed by atoms with Crippen LogP contribution in [-0.4, -0.2) is 43.6 Å². The van der Waals surface area contributed by atoms with Crippen molar-refractivity contribution in [1.29, 1.82) is 0 Å². The molecule has 2 aliphatic carbocycles. The van der Waals surface area contributed by atoms with E-state index in [9.17, 15) is 9.59 Å². The molecular weight excluding hydrogens is 390 g/mol. The van der Waals surface area contributed by atoms with Crippen molar-refractivity contribution < 1.29 is 9.59 Å². The maximum Gasteiger partial charge on any atom is 0.204 e. The molecule has 0 fully saturated rings. The van der Waals surface area contributed by atoms with E-state index in [1.807, 2.05) is 48.5 Å². The van der Waals surface area contributed by atoms with Crippen LogP contribution in [0.3, 0.4) is 0 Å². The quantitative estimate of drug-likeness (QED) is 0.547. The fraction of sp³-hybridized carbons (Fsp3) is 0.0833.